The second-order valence-electron chi connectivity index (χ2n) is 7.08. The molecule has 3 amide bonds. The molecule has 0 aliphatic carbocycles. The molecule has 0 unspecified atom stereocenters. The van der Waals surface area contributed by atoms with Crippen molar-refractivity contribution in [3.05, 3.63) is 48.0 Å². The molecular weight excluding hydrogens is 358 g/mol. The maximum Gasteiger partial charge on any atom is 0.246 e. The fraction of sp³-hybridized carbons (Fsp3) is 0.429. The van der Waals surface area contributed by atoms with Crippen molar-refractivity contribution >= 4 is 24.0 Å². The third-order valence-corrected chi connectivity index (χ3v) is 3.90. The van der Waals surface area contributed by atoms with Gasteiger partial charge < -0.3 is 16.0 Å². The van der Waals surface area contributed by atoms with Gasteiger partial charge in [-0.3, -0.25) is 19.2 Å². The molecule has 151 valence electrons. The molecule has 7 heteroatoms. The van der Waals surface area contributed by atoms with Gasteiger partial charge >= 0.3 is 0 Å². The van der Waals surface area contributed by atoms with Crippen LogP contribution in [0.25, 0.3) is 0 Å². The smallest absolute Gasteiger partial charge is 0.246 e. The Labute approximate surface area is 166 Å². The maximum atomic E-state index is 12.7. The van der Waals surface area contributed by atoms with Crippen molar-refractivity contribution < 1.29 is 19.2 Å². The van der Waals surface area contributed by atoms with Crippen LogP contribution < -0.4 is 16.0 Å². The van der Waals surface area contributed by atoms with Gasteiger partial charge in [0.2, 0.25) is 24.0 Å². The van der Waals surface area contributed by atoms with E-state index in [1.165, 1.54) is 6.92 Å². The van der Waals surface area contributed by atoms with Crippen LogP contribution in [0.1, 0.15) is 32.8 Å². The van der Waals surface area contributed by atoms with Crippen LogP contribution in [0, 0.1) is 5.92 Å². The predicted octanol–water partition coefficient (Wildman–Crippen LogP) is 1.05. The lowest BCUT2D eigenvalue weighted by atomic mass is 10.0. The molecule has 2 atom stereocenters. The molecule has 0 aliphatic heterocycles. The number of carbonyl (C=O) groups excluding carboxylic acids is 4. The summed E-state index contributed by atoms with van der Waals surface area (Å²) in [6, 6.07) is 7.56. The number of hydrogen-bond donors (Lipinski definition) is 3. The highest BCUT2D eigenvalue weighted by Crippen LogP contribution is 2.06. The van der Waals surface area contributed by atoms with Gasteiger partial charge in [-0.2, -0.15) is 0 Å². The normalized spacial score (nSPS) is 12.6. The minimum Gasteiger partial charge on any atom is -0.344 e. The Morgan fingerprint density at radius 3 is 2.29 bits per heavy atom. The van der Waals surface area contributed by atoms with E-state index in [4.69, 9.17) is 0 Å². The molecule has 0 spiro atoms. The van der Waals surface area contributed by atoms with Crippen LogP contribution in [0.3, 0.4) is 0 Å². The topological polar surface area (TPSA) is 104 Å². The zero-order chi connectivity index (χ0) is 21.1. The van der Waals surface area contributed by atoms with Crippen LogP contribution in [0.5, 0.6) is 0 Å². The molecular formula is C21H28N3O4. The first-order valence-electron chi connectivity index (χ1n) is 9.18. The van der Waals surface area contributed by atoms with Crippen LogP contribution in [0.15, 0.2) is 42.5 Å². The maximum absolute atomic E-state index is 12.7. The van der Waals surface area contributed by atoms with Gasteiger partial charge in [0.25, 0.3) is 0 Å². The van der Waals surface area contributed by atoms with E-state index >= 15 is 0 Å². The molecule has 7 nitrogen and oxygen atoms in total. The van der Waals surface area contributed by atoms with Gasteiger partial charge in [0.05, 0.1) is 12.6 Å². The monoisotopic (exact) mass is 386 g/mol. The molecule has 0 fully saturated rings. The average Bonchev–Trinajstić information content (AvgIpc) is 2.65. The van der Waals surface area contributed by atoms with E-state index in [-0.39, 0.29) is 24.5 Å². The van der Waals surface area contributed by atoms with Crippen molar-refractivity contribution in [2.75, 3.05) is 6.54 Å². The van der Waals surface area contributed by atoms with Crippen LogP contribution in [0.2, 0.25) is 0 Å². The molecule has 1 radical (unpaired) electrons. The number of carbonyl (C=O) groups is 3. The van der Waals surface area contributed by atoms with Crippen LogP contribution >= 0.6 is 0 Å². The summed E-state index contributed by atoms with van der Waals surface area (Å²) in [6.07, 6.45) is 2.53. The standard InChI is InChI=1S/C21H28N3O4/c1-14(2)10-17(13-25)23-21(28)18(11-16-8-6-5-7-9-16)24-19(26)12-22-20(27)15(3)4/h5-9,14,17-18H,3,10-12H2,1-2,4H3,(H,22,27)(H,23,28)(H,24,26)/t17-,18-/m0/s1. The fourth-order valence-electron chi connectivity index (χ4n) is 2.50. The van der Waals surface area contributed by atoms with Gasteiger partial charge in [0.1, 0.15) is 6.04 Å². The molecule has 0 aliphatic rings. The second kappa shape index (κ2) is 11.7. The second-order valence-corrected chi connectivity index (χ2v) is 7.08. The van der Waals surface area contributed by atoms with E-state index < -0.39 is 29.8 Å². The van der Waals surface area contributed by atoms with E-state index in [2.05, 4.69) is 22.5 Å². The summed E-state index contributed by atoms with van der Waals surface area (Å²) in [4.78, 5) is 47.5. The number of rotatable bonds is 11. The molecule has 3 N–H and O–H groups in total. The number of hydrogen-bond acceptors (Lipinski definition) is 4. The Hall–Kier alpha value is -2.96. The van der Waals surface area contributed by atoms with E-state index in [1.54, 1.807) is 0 Å². The zero-order valence-electron chi connectivity index (χ0n) is 16.6. The molecule has 0 saturated heterocycles. The number of benzene rings is 1. The first-order chi connectivity index (χ1) is 13.2. The van der Waals surface area contributed by atoms with E-state index in [0.29, 0.717) is 6.42 Å². The third-order valence-electron chi connectivity index (χ3n) is 3.90. The van der Waals surface area contributed by atoms with Crippen molar-refractivity contribution in [1.82, 2.24) is 16.0 Å². The molecule has 0 heterocycles. The summed E-state index contributed by atoms with van der Waals surface area (Å²) in [5.74, 6) is -1.23. The van der Waals surface area contributed by atoms with Gasteiger partial charge in [-0.1, -0.05) is 50.8 Å². The largest absolute Gasteiger partial charge is 0.344 e. The van der Waals surface area contributed by atoms with Crippen LogP contribution in [-0.4, -0.2) is 42.6 Å². The molecule has 28 heavy (non-hydrogen) atoms. The SMILES string of the molecule is C=C(C)C(=O)NCC(=O)N[C@@H](Cc1ccccc1)C(=O)N[C@H]([C]=O)CC(C)C. The predicted molar refractivity (Wildman–Crippen MR) is 107 cm³/mol. The van der Waals surface area contributed by atoms with Crippen LogP contribution in [-0.2, 0) is 25.6 Å². The van der Waals surface area contributed by atoms with E-state index in [1.807, 2.05) is 50.5 Å². The lowest BCUT2D eigenvalue weighted by Crippen LogP contribution is -2.53. The summed E-state index contributed by atoms with van der Waals surface area (Å²) < 4.78 is 0. The summed E-state index contributed by atoms with van der Waals surface area (Å²) in [7, 11) is 0. The van der Waals surface area contributed by atoms with Crippen LogP contribution in [0.4, 0.5) is 0 Å². The highest BCUT2D eigenvalue weighted by molar-refractivity contribution is 5.95. The van der Waals surface area contributed by atoms with Crippen molar-refractivity contribution in [2.45, 2.75) is 45.7 Å². The Balaban J connectivity index is 2.81. The molecule has 1 aromatic rings. The molecule has 1 rings (SSSR count). The highest BCUT2D eigenvalue weighted by atomic mass is 16.2. The summed E-state index contributed by atoms with van der Waals surface area (Å²) in [5.41, 5.74) is 1.13. The Morgan fingerprint density at radius 1 is 1.11 bits per heavy atom. The van der Waals surface area contributed by atoms with Crippen molar-refractivity contribution in [1.29, 1.82) is 0 Å². The Kier molecular flexibility index (Phi) is 9.64. The van der Waals surface area contributed by atoms with E-state index in [0.717, 1.165) is 5.56 Å². The molecule has 0 bridgehead atoms. The van der Waals surface area contributed by atoms with Crippen molar-refractivity contribution in [3.8, 4) is 0 Å². The molecule has 0 saturated carbocycles. The summed E-state index contributed by atoms with van der Waals surface area (Å²) >= 11 is 0. The van der Waals surface area contributed by atoms with Crippen molar-refractivity contribution in [3.63, 3.8) is 0 Å². The average molecular weight is 386 g/mol. The van der Waals surface area contributed by atoms with E-state index in [9.17, 15) is 19.2 Å². The number of nitrogens with one attached hydrogen (secondary N) is 3. The lowest BCUT2D eigenvalue weighted by molar-refractivity contribution is -0.129. The summed E-state index contributed by atoms with van der Waals surface area (Å²) in [5, 5.41) is 7.67. The highest BCUT2D eigenvalue weighted by Gasteiger charge is 2.24. The summed E-state index contributed by atoms with van der Waals surface area (Å²) in [6.45, 7) is 8.62. The molecule has 1 aromatic carbocycles. The van der Waals surface area contributed by atoms with Gasteiger partial charge in [0, 0.05) is 12.0 Å². The minimum absolute atomic E-state index is 0.200. The minimum atomic E-state index is -0.889. The lowest BCUT2D eigenvalue weighted by Gasteiger charge is -2.21. The quantitative estimate of drug-likeness (QED) is 0.494. The first-order valence-corrected chi connectivity index (χ1v) is 9.18. The first kappa shape index (κ1) is 23.1. The van der Waals surface area contributed by atoms with Gasteiger partial charge in [0.15, 0.2) is 0 Å². The molecule has 0 aromatic heterocycles. The third kappa shape index (κ3) is 8.62. The Morgan fingerprint density at radius 2 is 1.75 bits per heavy atom. The number of amides is 3. The fourth-order valence-corrected chi connectivity index (χ4v) is 2.50. The van der Waals surface area contributed by atoms with Gasteiger partial charge in [-0.05, 0) is 24.8 Å². The zero-order valence-corrected chi connectivity index (χ0v) is 16.6. The Bertz CT molecular complexity index is 701. The van der Waals surface area contributed by atoms with Crippen molar-refractivity contribution in [2.24, 2.45) is 5.92 Å². The van der Waals surface area contributed by atoms with Gasteiger partial charge in [-0.15, -0.1) is 0 Å². The van der Waals surface area contributed by atoms with Gasteiger partial charge in [-0.25, -0.2) is 0 Å².